The molecule has 2 heterocycles. The standard InChI is InChI=1S/C10H14N4O4S/c1-6(16)8(5-15)14-19(17,18)10-7-3-2-4-11-9(7)12-13-10/h2-4,6,8,14-16H,5H2,1H3,(H,11,12,13)/t6-,8-/m1/s1. The number of nitrogens with one attached hydrogen (secondary N) is 2. The minimum Gasteiger partial charge on any atom is -0.395 e. The van der Waals surface area contributed by atoms with Gasteiger partial charge in [0.05, 0.1) is 24.1 Å². The van der Waals surface area contributed by atoms with Crippen LogP contribution in [0.2, 0.25) is 0 Å². The number of hydrogen-bond donors (Lipinski definition) is 4. The maximum Gasteiger partial charge on any atom is 0.260 e. The Balaban J connectivity index is 2.39. The number of sulfonamides is 1. The van der Waals surface area contributed by atoms with Gasteiger partial charge in [0.1, 0.15) is 0 Å². The van der Waals surface area contributed by atoms with Crippen LogP contribution in [-0.4, -0.2) is 52.6 Å². The second-order valence-electron chi connectivity index (χ2n) is 4.08. The van der Waals surface area contributed by atoms with E-state index in [2.05, 4.69) is 19.9 Å². The molecule has 0 saturated heterocycles. The number of nitrogens with zero attached hydrogens (tertiary/aromatic N) is 2. The van der Waals surface area contributed by atoms with Gasteiger partial charge in [-0.1, -0.05) is 0 Å². The molecule has 2 rings (SSSR count). The van der Waals surface area contributed by atoms with E-state index in [0.29, 0.717) is 11.0 Å². The molecule has 0 unspecified atom stereocenters. The molecule has 4 N–H and O–H groups in total. The van der Waals surface area contributed by atoms with Crippen molar-refractivity contribution >= 4 is 21.1 Å². The highest BCUT2D eigenvalue weighted by Gasteiger charge is 2.26. The van der Waals surface area contributed by atoms with Crippen molar-refractivity contribution < 1.29 is 18.6 Å². The average Bonchev–Trinajstić information content (AvgIpc) is 2.80. The van der Waals surface area contributed by atoms with Gasteiger partial charge >= 0.3 is 0 Å². The summed E-state index contributed by atoms with van der Waals surface area (Å²) in [6, 6.07) is 2.17. The van der Waals surface area contributed by atoms with Crippen LogP contribution in [0.1, 0.15) is 6.92 Å². The molecule has 0 aliphatic rings. The van der Waals surface area contributed by atoms with Gasteiger partial charge in [-0.15, -0.1) is 0 Å². The van der Waals surface area contributed by atoms with Crippen molar-refractivity contribution in [2.45, 2.75) is 24.1 Å². The fraction of sp³-hybridized carbons (Fsp3) is 0.400. The molecule has 2 atom stereocenters. The van der Waals surface area contributed by atoms with Crippen molar-refractivity contribution in [1.29, 1.82) is 0 Å². The summed E-state index contributed by atoms with van der Waals surface area (Å²) in [5, 5.41) is 24.8. The minimum absolute atomic E-state index is 0.213. The molecule has 0 spiro atoms. The summed E-state index contributed by atoms with van der Waals surface area (Å²) in [6.07, 6.45) is 0.486. The molecule has 8 nitrogen and oxygen atoms in total. The zero-order chi connectivity index (χ0) is 14.0. The summed E-state index contributed by atoms with van der Waals surface area (Å²) in [5.74, 6) is 0. The zero-order valence-electron chi connectivity index (χ0n) is 10.1. The first-order valence-corrected chi connectivity index (χ1v) is 7.04. The Morgan fingerprint density at radius 1 is 1.53 bits per heavy atom. The number of aromatic amines is 1. The van der Waals surface area contributed by atoms with Crippen LogP contribution < -0.4 is 4.72 Å². The molecule has 0 aliphatic carbocycles. The molecule has 0 bridgehead atoms. The molecule has 2 aromatic rings. The first-order valence-electron chi connectivity index (χ1n) is 5.56. The van der Waals surface area contributed by atoms with Gasteiger partial charge < -0.3 is 10.2 Å². The van der Waals surface area contributed by atoms with Crippen LogP contribution in [0.15, 0.2) is 23.4 Å². The highest BCUT2D eigenvalue weighted by Crippen LogP contribution is 2.18. The highest BCUT2D eigenvalue weighted by atomic mass is 32.2. The molecule has 104 valence electrons. The lowest BCUT2D eigenvalue weighted by Crippen LogP contribution is -2.44. The minimum atomic E-state index is -3.95. The third-order valence-corrected chi connectivity index (χ3v) is 4.07. The number of aliphatic hydroxyl groups is 2. The third-order valence-electron chi connectivity index (χ3n) is 2.64. The predicted octanol–water partition coefficient (Wildman–Crippen LogP) is -1.02. The van der Waals surface area contributed by atoms with Gasteiger partial charge in [0.25, 0.3) is 10.0 Å². The Morgan fingerprint density at radius 2 is 2.26 bits per heavy atom. The van der Waals surface area contributed by atoms with Crippen molar-refractivity contribution in [2.75, 3.05) is 6.61 Å². The van der Waals surface area contributed by atoms with Gasteiger partial charge in [-0.3, -0.25) is 5.10 Å². The van der Waals surface area contributed by atoms with Crippen LogP contribution in [-0.2, 0) is 10.0 Å². The van der Waals surface area contributed by atoms with Crippen molar-refractivity contribution in [3.63, 3.8) is 0 Å². The SMILES string of the molecule is C[C@@H](O)[C@@H](CO)NS(=O)(=O)c1n[nH]c2ncccc12. The first kappa shape index (κ1) is 13.9. The zero-order valence-corrected chi connectivity index (χ0v) is 10.9. The first-order chi connectivity index (χ1) is 8.95. The molecule has 0 aromatic carbocycles. The molecular weight excluding hydrogens is 272 g/mol. The predicted molar refractivity (Wildman–Crippen MR) is 66.8 cm³/mol. The topological polar surface area (TPSA) is 128 Å². The van der Waals surface area contributed by atoms with E-state index in [1.165, 1.54) is 13.1 Å². The molecule has 2 aromatic heterocycles. The van der Waals surface area contributed by atoms with Gasteiger partial charge in [-0.25, -0.2) is 18.1 Å². The van der Waals surface area contributed by atoms with E-state index in [4.69, 9.17) is 5.11 Å². The molecule has 9 heteroatoms. The summed E-state index contributed by atoms with van der Waals surface area (Å²) in [4.78, 5) is 3.94. The number of aromatic nitrogens is 3. The third kappa shape index (κ3) is 2.73. The number of aliphatic hydroxyl groups excluding tert-OH is 2. The van der Waals surface area contributed by atoms with Gasteiger partial charge in [0, 0.05) is 6.20 Å². The van der Waals surface area contributed by atoms with Crippen LogP contribution in [0.25, 0.3) is 11.0 Å². The Bertz CT molecular complexity index is 667. The monoisotopic (exact) mass is 286 g/mol. The van der Waals surface area contributed by atoms with Crippen molar-refractivity contribution in [3.8, 4) is 0 Å². The summed E-state index contributed by atoms with van der Waals surface area (Å²) in [7, 11) is -3.95. The summed E-state index contributed by atoms with van der Waals surface area (Å²) >= 11 is 0. The van der Waals surface area contributed by atoms with E-state index in [0.717, 1.165) is 0 Å². The van der Waals surface area contributed by atoms with Crippen molar-refractivity contribution in [2.24, 2.45) is 0 Å². The van der Waals surface area contributed by atoms with Crippen LogP contribution in [0.4, 0.5) is 0 Å². The van der Waals surface area contributed by atoms with Gasteiger partial charge in [0.2, 0.25) is 5.03 Å². The van der Waals surface area contributed by atoms with E-state index >= 15 is 0 Å². The van der Waals surface area contributed by atoms with Gasteiger partial charge in [0.15, 0.2) is 5.65 Å². The van der Waals surface area contributed by atoms with Crippen molar-refractivity contribution in [3.05, 3.63) is 18.3 Å². The van der Waals surface area contributed by atoms with Gasteiger partial charge in [-0.05, 0) is 19.1 Å². The molecule has 19 heavy (non-hydrogen) atoms. The highest BCUT2D eigenvalue weighted by molar-refractivity contribution is 7.89. The van der Waals surface area contributed by atoms with E-state index in [1.54, 1.807) is 12.1 Å². The Labute approximate surface area is 109 Å². The molecule has 0 saturated carbocycles. The van der Waals surface area contributed by atoms with Crippen molar-refractivity contribution in [1.82, 2.24) is 19.9 Å². The second kappa shape index (κ2) is 5.21. The molecule has 0 radical (unpaired) electrons. The number of rotatable bonds is 5. The number of fused-ring (bicyclic) bond motifs is 1. The normalized spacial score (nSPS) is 15.5. The fourth-order valence-electron chi connectivity index (χ4n) is 1.58. The molecule has 0 amide bonds. The van der Waals surface area contributed by atoms with Crippen LogP contribution in [0.5, 0.6) is 0 Å². The maximum atomic E-state index is 12.1. The van der Waals surface area contributed by atoms with Crippen LogP contribution in [0, 0.1) is 0 Å². The lowest BCUT2D eigenvalue weighted by Gasteiger charge is -2.18. The Morgan fingerprint density at radius 3 is 2.89 bits per heavy atom. The molecule has 0 aliphatic heterocycles. The molecular formula is C10H14N4O4S. The van der Waals surface area contributed by atoms with Gasteiger partial charge in [-0.2, -0.15) is 5.10 Å². The smallest absolute Gasteiger partial charge is 0.260 e. The van der Waals surface area contributed by atoms with E-state index < -0.39 is 28.8 Å². The number of H-pyrrole nitrogens is 1. The number of hydrogen-bond acceptors (Lipinski definition) is 6. The summed E-state index contributed by atoms with van der Waals surface area (Å²) in [5.41, 5.74) is 0.348. The summed E-state index contributed by atoms with van der Waals surface area (Å²) < 4.78 is 26.5. The largest absolute Gasteiger partial charge is 0.395 e. The maximum absolute atomic E-state index is 12.1. The van der Waals surface area contributed by atoms with E-state index in [-0.39, 0.29) is 5.03 Å². The lowest BCUT2D eigenvalue weighted by molar-refractivity contribution is 0.115. The Hall–Kier alpha value is -1.55. The van der Waals surface area contributed by atoms with E-state index in [1.807, 2.05) is 0 Å². The van der Waals surface area contributed by atoms with Crippen LogP contribution in [0.3, 0.4) is 0 Å². The Kier molecular flexibility index (Phi) is 3.80. The fourth-order valence-corrected chi connectivity index (χ4v) is 2.98. The second-order valence-corrected chi connectivity index (χ2v) is 5.71. The number of pyridine rings is 1. The molecule has 0 fully saturated rings. The van der Waals surface area contributed by atoms with Crippen LogP contribution >= 0.6 is 0 Å². The average molecular weight is 286 g/mol. The lowest BCUT2D eigenvalue weighted by atomic mass is 10.2. The quantitative estimate of drug-likeness (QED) is 0.557. The summed E-state index contributed by atoms with van der Waals surface area (Å²) in [6.45, 7) is 0.866. The van der Waals surface area contributed by atoms with E-state index in [9.17, 15) is 13.5 Å².